The number of hydrogen-bond acceptors (Lipinski definition) is 3. The van der Waals surface area contributed by atoms with Gasteiger partial charge in [0.15, 0.2) is 5.78 Å². The molecule has 1 amide bonds. The Morgan fingerprint density at radius 1 is 1.05 bits per heavy atom. The lowest BCUT2D eigenvalue weighted by Crippen LogP contribution is -2.39. The summed E-state index contributed by atoms with van der Waals surface area (Å²) < 4.78 is 5.11. The van der Waals surface area contributed by atoms with Gasteiger partial charge in [0.25, 0.3) is 0 Å². The van der Waals surface area contributed by atoms with E-state index in [9.17, 15) is 9.59 Å². The number of Topliss-reactive ketones (excluding diaryl/α,β-unsaturated/α-hetero) is 1. The number of aryl methyl sites for hydroxylation is 1. The van der Waals surface area contributed by atoms with E-state index in [4.69, 9.17) is 4.74 Å². The van der Waals surface area contributed by atoms with Crippen LogP contribution in [0.1, 0.15) is 28.4 Å². The normalized spacial score (nSPS) is 11.5. The minimum absolute atomic E-state index is 0.130. The van der Waals surface area contributed by atoms with Crippen molar-refractivity contribution < 1.29 is 14.3 Å². The number of ketones is 1. The number of nitrogens with one attached hydrogen (secondary N) is 1. The number of benzene rings is 2. The largest absolute Gasteiger partial charge is 0.445 e. The first-order valence-corrected chi connectivity index (χ1v) is 7.15. The average molecular weight is 297 g/mol. The average Bonchev–Trinajstić information content (AvgIpc) is 2.53. The SMILES string of the molecule is Cc1ccccc1C(=O)[C@H](C)NC(=O)OCc1ccccc1. The molecule has 0 spiro atoms. The Hall–Kier alpha value is -2.62. The summed E-state index contributed by atoms with van der Waals surface area (Å²) in [5, 5.41) is 2.56. The van der Waals surface area contributed by atoms with Gasteiger partial charge in [0.1, 0.15) is 6.61 Å². The molecule has 0 aliphatic carbocycles. The maximum atomic E-state index is 12.3. The van der Waals surface area contributed by atoms with Crippen molar-refractivity contribution in [1.29, 1.82) is 0 Å². The van der Waals surface area contributed by atoms with Gasteiger partial charge < -0.3 is 10.1 Å². The van der Waals surface area contributed by atoms with Crippen LogP contribution in [0.25, 0.3) is 0 Å². The van der Waals surface area contributed by atoms with Crippen molar-refractivity contribution in [2.45, 2.75) is 26.5 Å². The monoisotopic (exact) mass is 297 g/mol. The molecule has 0 aromatic heterocycles. The van der Waals surface area contributed by atoms with E-state index < -0.39 is 12.1 Å². The van der Waals surface area contributed by atoms with Crippen molar-refractivity contribution in [3.8, 4) is 0 Å². The van der Waals surface area contributed by atoms with Crippen LogP contribution >= 0.6 is 0 Å². The quantitative estimate of drug-likeness (QED) is 0.859. The summed E-state index contributed by atoms with van der Waals surface area (Å²) in [5.41, 5.74) is 2.40. The van der Waals surface area contributed by atoms with Gasteiger partial charge in [-0.25, -0.2) is 4.79 Å². The number of amides is 1. The van der Waals surface area contributed by atoms with E-state index in [1.54, 1.807) is 19.1 Å². The molecule has 1 N–H and O–H groups in total. The number of ether oxygens (including phenoxy) is 1. The lowest BCUT2D eigenvalue weighted by atomic mass is 10.0. The fourth-order valence-corrected chi connectivity index (χ4v) is 2.09. The molecule has 0 saturated heterocycles. The molecule has 2 aromatic rings. The highest BCUT2D eigenvalue weighted by molar-refractivity contribution is 6.02. The predicted octanol–water partition coefficient (Wildman–Crippen LogP) is 3.49. The maximum Gasteiger partial charge on any atom is 0.408 e. The minimum atomic E-state index is -0.635. The summed E-state index contributed by atoms with van der Waals surface area (Å²) in [7, 11) is 0. The number of hydrogen-bond donors (Lipinski definition) is 1. The third-order valence-electron chi connectivity index (χ3n) is 3.35. The first-order chi connectivity index (χ1) is 10.6. The van der Waals surface area contributed by atoms with Crippen LogP contribution in [0.3, 0.4) is 0 Å². The standard InChI is InChI=1S/C18H19NO3/c1-13-8-6-7-11-16(13)17(20)14(2)19-18(21)22-12-15-9-4-3-5-10-15/h3-11,14H,12H2,1-2H3,(H,19,21)/t14-/m0/s1. The van der Waals surface area contributed by atoms with Crippen molar-refractivity contribution in [3.63, 3.8) is 0 Å². The van der Waals surface area contributed by atoms with Crippen molar-refractivity contribution in [2.24, 2.45) is 0 Å². The molecule has 0 bridgehead atoms. The van der Waals surface area contributed by atoms with Crippen LogP contribution in [0.15, 0.2) is 54.6 Å². The third-order valence-corrected chi connectivity index (χ3v) is 3.35. The Morgan fingerprint density at radius 3 is 2.36 bits per heavy atom. The third kappa shape index (κ3) is 4.19. The Kier molecular flexibility index (Phi) is 5.31. The number of rotatable bonds is 5. The van der Waals surface area contributed by atoms with Gasteiger partial charge in [0.2, 0.25) is 0 Å². The summed E-state index contributed by atoms with van der Waals surface area (Å²) >= 11 is 0. The van der Waals surface area contributed by atoms with Gasteiger partial charge in [-0.15, -0.1) is 0 Å². The highest BCUT2D eigenvalue weighted by Crippen LogP contribution is 2.10. The highest BCUT2D eigenvalue weighted by atomic mass is 16.5. The van der Waals surface area contributed by atoms with Crippen LogP contribution < -0.4 is 5.32 Å². The van der Waals surface area contributed by atoms with Gasteiger partial charge in [-0.05, 0) is 25.0 Å². The molecule has 22 heavy (non-hydrogen) atoms. The van der Waals surface area contributed by atoms with E-state index in [1.807, 2.05) is 49.4 Å². The second kappa shape index (κ2) is 7.41. The summed E-state index contributed by atoms with van der Waals surface area (Å²) in [6, 6.07) is 16.1. The van der Waals surface area contributed by atoms with Crippen LogP contribution in [-0.4, -0.2) is 17.9 Å². The Balaban J connectivity index is 1.88. The molecule has 4 nitrogen and oxygen atoms in total. The van der Waals surface area contributed by atoms with Crippen LogP contribution in [0, 0.1) is 6.92 Å². The molecule has 0 aliphatic rings. The molecule has 1 atom stereocenters. The van der Waals surface area contributed by atoms with Crippen molar-refractivity contribution in [2.75, 3.05) is 0 Å². The van der Waals surface area contributed by atoms with E-state index in [0.29, 0.717) is 5.56 Å². The molecule has 0 unspecified atom stereocenters. The fourth-order valence-electron chi connectivity index (χ4n) is 2.09. The smallest absolute Gasteiger partial charge is 0.408 e. The molecule has 0 saturated carbocycles. The van der Waals surface area contributed by atoms with Crippen molar-refractivity contribution in [3.05, 3.63) is 71.3 Å². The predicted molar refractivity (Wildman–Crippen MR) is 84.7 cm³/mol. The van der Waals surface area contributed by atoms with Crippen LogP contribution in [0.2, 0.25) is 0 Å². The maximum absolute atomic E-state index is 12.3. The topological polar surface area (TPSA) is 55.4 Å². The Bertz CT molecular complexity index is 652. The van der Waals surface area contributed by atoms with E-state index in [2.05, 4.69) is 5.32 Å². The zero-order chi connectivity index (χ0) is 15.9. The van der Waals surface area contributed by atoms with Gasteiger partial charge in [0.05, 0.1) is 6.04 Å². The van der Waals surface area contributed by atoms with Gasteiger partial charge in [-0.3, -0.25) is 4.79 Å². The van der Waals surface area contributed by atoms with Gasteiger partial charge in [0, 0.05) is 5.56 Å². The first kappa shape index (κ1) is 15.8. The zero-order valence-corrected chi connectivity index (χ0v) is 12.7. The highest BCUT2D eigenvalue weighted by Gasteiger charge is 2.19. The lowest BCUT2D eigenvalue weighted by molar-refractivity contribution is 0.0926. The number of carbonyl (C=O) groups is 2. The summed E-state index contributed by atoms with van der Waals surface area (Å²) in [6.45, 7) is 3.70. The molecular weight excluding hydrogens is 278 g/mol. The molecule has 2 aromatic carbocycles. The van der Waals surface area contributed by atoms with E-state index in [0.717, 1.165) is 11.1 Å². The number of carbonyl (C=O) groups excluding carboxylic acids is 2. The molecule has 0 heterocycles. The van der Waals surface area contributed by atoms with Crippen LogP contribution in [-0.2, 0) is 11.3 Å². The summed E-state index contributed by atoms with van der Waals surface area (Å²) in [6.07, 6.45) is -0.599. The summed E-state index contributed by atoms with van der Waals surface area (Å²) in [4.78, 5) is 24.1. The fraction of sp³-hybridized carbons (Fsp3) is 0.222. The van der Waals surface area contributed by atoms with Gasteiger partial charge in [-0.2, -0.15) is 0 Å². The van der Waals surface area contributed by atoms with Crippen LogP contribution in [0.4, 0.5) is 4.79 Å². The van der Waals surface area contributed by atoms with E-state index in [1.165, 1.54) is 0 Å². The molecule has 2 rings (SSSR count). The molecule has 4 heteroatoms. The molecule has 0 fully saturated rings. The second-order valence-corrected chi connectivity index (χ2v) is 5.11. The molecular formula is C18H19NO3. The number of alkyl carbamates (subject to hydrolysis) is 1. The Morgan fingerprint density at radius 2 is 1.68 bits per heavy atom. The second-order valence-electron chi connectivity index (χ2n) is 5.11. The van der Waals surface area contributed by atoms with E-state index >= 15 is 0 Å². The molecule has 0 aliphatic heterocycles. The van der Waals surface area contributed by atoms with Gasteiger partial charge >= 0.3 is 6.09 Å². The van der Waals surface area contributed by atoms with Crippen molar-refractivity contribution in [1.82, 2.24) is 5.32 Å². The minimum Gasteiger partial charge on any atom is -0.445 e. The Labute approximate surface area is 130 Å². The van der Waals surface area contributed by atoms with Crippen molar-refractivity contribution >= 4 is 11.9 Å². The van der Waals surface area contributed by atoms with Crippen LogP contribution in [0.5, 0.6) is 0 Å². The first-order valence-electron chi connectivity index (χ1n) is 7.15. The molecule has 114 valence electrons. The zero-order valence-electron chi connectivity index (χ0n) is 12.7. The summed E-state index contributed by atoms with van der Waals surface area (Å²) in [5.74, 6) is -0.130. The lowest BCUT2D eigenvalue weighted by Gasteiger charge is -2.14. The van der Waals surface area contributed by atoms with E-state index in [-0.39, 0.29) is 12.4 Å². The van der Waals surface area contributed by atoms with Gasteiger partial charge in [-0.1, -0.05) is 54.6 Å². The molecule has 0 radical (unpaired) electrons.